The molecule has 0 saturated carbocycles. The Kier molecular flexibility index (Phi) is 4.34. The first kappa shape index (κ1) is 15.5. The van der Waals surface area contributed by atoms with E-state index >= 15 is 0 Å². The van der Waals surface area contributed by atoms with E-state index in [4.69, 9.17) is 5.73 Å². The van der Waals surface area contributed by atoms with E-state index in [2.05, 4.69) is 9.71 Å². The van der Waals surface area contributed by atoms with Gasteiger partial charge >= 0.3 is 0 Å². The van der Waals surface area contributed by atoms with Gasteiger partial charge in [-0.1, -0.05) is 12.1 Å². The maximum Gasteiger partial charge on any atom is 0.280 e. The zero-order valence-electron chi connectivity index (χ0n) is 12.4. The lowest BCUT2D eigenvalue weighted by Crippen LogP contribution is -2.14. The summed E-state index contributed by atoms with van der Waals surface area (Å²) < 4.78 is 29.0. The number of nitrogens with zero attached hydrogens (tertiary/aromatic N) is 2. The quantitative estimate of drug-likeness (QED) is 0.884. The summed E-state index contributed by atoms with van der Waals surface area (Å²) in [6.45, 7) is 6.23. The van der Waals surface area contributed by atoms with Crippen molar-refractivity contribution in [2.75, 3.05) is 4.72 Å². The Hall–Kier alpha value is -1.86. The molecule has 21 heavy (non-hydrogen) atoms. The van der Waals surface area contributed by atoms with Gasteiger partial charge in [-0.05, 0) is 38.5 Å². The lowest BCUT2D eigenvalue weighted by molar-refractivity contribution is 0.598. The third-order valence-electron chi connectivity index (χ3n) is 3.23. The van der Waals surface area contributed by atoms with Crippen LogP contribution in [-0.2, 0) is 16.6 Å². The standard InChI is InChI=1S/C14H20N4O2S/c1-4-18-9-14(16-11(18)3)21(19,20)17-13-7-5-6-12(8-13)10(2)15/h5-10,17H,4,15H2,1-3H3. The third-order valence-corrected chi connectivity index (χ3v) is 4.49. The van der Waals surface area contributed by atoms with Gasteiger partial charge in [-0.3, -0.25) is 4.72 Å². The second-order valence-corrected chi connectivity index (χ2v) is 6.56. The second kappa shape index (κ2) is 5.87. The predicted molar refractivity (Wildman–Crippen MR) is 82.5 cm³/mol. The van der Waals surface area contributed by atoms with Crippen LogP contribution in [0.1, 0.15) is 31.3 Å². The van der Waals surface area contributed by atoms with Crippen molar-refractivity contribution in [3.63, 3.8) is 0 Å². The van der Waals surface area contributed by atoms with Crippen LogP contribution in [0.15, 0.2) is 35.5 Å². The van der Waals surface area contributed by atoms with E-state index in [-0.39, 0.29) is 11.1 Å². The molecule has 1 heterocycles. The number of hydrogen-bond donors (Lipinski definition) is 2. The number of imidazole rings is 1. The summed E-state index contributed by atoms with van der Waals surface area (Å²) in [5.41, 5.74) is 7.15. The fourth-order valence-corrected chi connectivity index (χ4v) is 3.08. The topological polar surface area (TPSA) is 90.0 Å². The zero-order valence-corrected chi connectivity index (χ0v) is 13.2. The molecule has 0 saturated heterocycles. The first-order chi connectivity index (χ1) is 9.83. The third kappa shape index (κ3) is 3.43. The highest BCUT2D eigenvalue weighted by atomic mass is 32.2. The molecule has 0 amide bonds. The van der Waals surface area contributed by atoms with E-state index in [1.807, 2.05) is 19.9 Å². The van der Waals surface area contributed by atoms with Crippen LogP contribution >= 0.6 is 0 Å². The fourth-order valence-electron chi connectivity index (χ4n) is 2.02. The molecule has 0 aliphatic heterocycles. The minimum Gasteiger partial charge on any atom is -0.334 e. The molecule has 1 atom stereocenters. The molecule has 0 spiro atoms. The van der Waals surface area contributed by atoms with Crippen molar-refractivity contribution in [2.24, 2.45) is 5.73 Å². The van der Waals surface area contributed by atoms with E-state index in [9.17, 15) is 8.42 Å². The number of anilines is 1. The van der Waals surface area contributed by atoms with Crippen LogP contribution in [0.3, 0.4) is 0 Å². The Balaban J connectivity index is 2.30. The number of aryl methyl sites for hydroxylation is 2. The highest BCUT2D eigenvalue weighted by Gasteiger charge is 2.19. The number of nitrogens with one attached hydrogen (secondary N) is 1. The van der Waals surface area contributed by atoms with Gasteiger partial charge in [0.15, 0.2) is 5.03 Å². The molecule has 0 radical (unpaired) electrons. The van der Waals surface area contributed by atoms with Gasteiger partial charge in [0.1, 0.15) is 5.82 Å². The first-order valence-corrected chi connectivity index (χ1v) is 8.24. The smallest absolute Gasteiger partial charge is 0.280 e. The molecule has 114 valence electrons. The van der Waals surface area contributed by atoms with Crippen LogP contribution in [0.2, 0.25) is 0 Å². The molecule has 1 aromatic heterocycles. The van der Waals surface area contributed by atoms with E-state index in [0.29, 0.717) is 18.1 Å². The van der Waals surface area contributed by atoms with Crippen LogP contribution in [-0.4, -0.2) is 18.0 Å². The average molecular weight is 308 g/mol. The highest BCUT2D eigenvalue weighted by molar-refractivity contribution is 7.92. The molecular weight excluding hydrogens is 288 g/mol. The number of sulfonamides is 1. The lowest BCUT2D eigenvalue weighted by Gasteiger charge is -2.09. The lowest BCUT2D eigenvalue weighted by atomic mass is 10.1. The Morgan fingerprint density at radius 1 is 1.43 bits per heavy atom. The van der Waals surface area contributed by atoms with Gasteiger partial charge in [-0.15, -0.1) is 0 Å². The van der Waals surface area contributed by atoms with Crippen molar-refractivity contribution in [1.29, 1.82) is 0 Å². The molecule has 1 unspecified atom stereocenters. The number of nitrogens with two attached hydrogens (primary N) is 1. The van der Waals surface area contributed by atoms with Crippen LogP contribution < -0.4 is 10.5 Å². The summed E-state index contributed by atoms with van der Waals surface area (Å²) in [5.74, 6) is 0.669. The summed E-state index contributed by atoms with van der Waals surface area (Å²) in [5, 5.41) is 0.0213. The largest absolute Gasteiger partial charge is 0.334 e. The van der Waals surface area contributed by atoms with Crippen LogP contribution in [0, 0.1) is 6.92 Å². The van der Waals surface area contributed by atoms with Crippen molar-refractivity contribution < 1.29 is 8.42 Å². The van der Waals surface area contributed by atoms with Crippen molar-refractivity contribution in [1.82, 2.24) is 9.55 Å². The molecule has 2 rings (SSSR count). The van der Waals surface area contributed by atoms with Gasteiger partial charge < -0.3 is 10.3 Å². The number of benzene rings is 1. The summed E-state index contributed by atoms with van der Waals surface area (Å²) in [6.07, 6.45) is 1.53. The Labute approximate surface area is 125 Å². The van der Waals surface area contributed by atoms with E-state index in [1.165, 1.54) is 6.20 Å². The van der Waals surface area contributed by atoms with E-state index in [1.54, 1.807) is 29.7 Å². The fraction of sp³-hybridized carbons (Fsp3) is 0.357. The van der Waals surface area contributed by atoms with Gasteiger partial charge in [0.05, 0.1) is 0 Å². The van der Waals surface area contributed by atoms with Gasteiger partial charge in [-0.2, -0.15) is 8.42 Å². The average Bonchev–Trinajstić information content (AvgIpc) is 2.80. The second-order valence-electron chi connectivity index (χ2n) is 4.93. The Bertz CT molecular complexity index is 735. The van der Waals surface area contributed by atoms with Crippen molar-refractivity contribution in [2.45, 2.75) is 38.4 Å². The Morgan fingerprint density at radius 3 is 2.71 bits per heavy atom. The van der Waals surface area contributed by atoms with Crippen molar-refractivity contribution >= 4 is 15.7 Å². The molecule has 3 N–H and O–H groups in total. The molecule has 1 aromatic carbocycles. The molecule has 7 heteroatoms. The van der Waals surface area contributed by atoms with Crippen LogP contribution in [0.25, 0.3) is 0 Å². The summed E-state index contributed by atoms with van der Waals surface area (Å²) in [4.78, 5) is 4.09. The molecule has 6 nitrogen and oxygen atoms in total. The minimum atomic E-state index is -3.69. The predicted octanol–water partition coefficient (Wildman–Crippen LogP) is 2.03. The monoisotopic (exact) mass is 308 g/mol. The molecule has 2 aromatic rings. The molecule has 0 fully saturated rings. The summed E-state index contributed by atoms with van der Waals surface area (Å²) in [7, 11) is -3.69. The van der Waals surface area contributed by atoms with Gasteiger partial charge in [0.2, 0.25) is 0 Å². The SMILES string of the molecule is CCn1cc(S(=O)(=O)Nc2cccc(C(C)N)c2)nc1C. The van der Waals surface area contributed by atoms with Gasteiger partial charge in [0, 0.05) is 24.5 Å². The summed E-state index contributed by atoms with van der Waals surface area (Å²) in [6, 6.07) is 6.89. The number of rotatable bonds is 5. The maximum atomic E-state index is 12.3. The minimum absolute atomic E-state index is 0.0213. The van der Waals surface area contributed by atoms with Crippen molar-refractivity contribution in [3.8, 4) is 0 Å². The van der Waals surface area contributed by atoms with Gasteiger partial charge in [-0.25, -0.2) is 4.98 Å². The first-order valence-electron chi connectivity index (χ1n) is 6.75. The van der Waals surface area contributed by atoms with Crippen LogP contribution in [0.5, 0.6) is 0 Å². The van der Waals surface area contributed by atoms with E-state index < -0.39 is 10.0 Å². The van der Waals surface area contributed by atoms with E-state index in [0.717, 1.165) is 5.56 Å². The maximum absolute atomic E-state index is 12.3. The molecular formula is C14H20N4O2S. The van der Waals surface area contributed by atoms with Crippen LogP contribution in [0.4, 0.5) is 5.69 Å². The Morgan fingerprint density at radius 2 is 2.14 bits per heavy atom. The number of hydrogen-bond acceptors (Lipinski definition) is 4. The normalized spacial score (nSPS) is 13.1. The summed E-state index contributed by atoms with van der Waals surface area (Å²) >= 11 is 0. The van der Waals surface area contributed by atoms with Crippen molar-refractivity contribution in [3.05, 3.63) is 41.9 Å². The van der Waals surface area contributed by atoms with Gasteiger partial charge in [0.25, 0.3) is 10.0 Å². The zero-order chi connectivity index (χ0) is 15.6. The molecule has 0 aliphatic carbocycles. The molecule has 0 bridgehead atoms. The number of aromatic nitrogens is 2. The molecule has 0 aliphatic rings. The highest BCUT2D eigenvalue weighted by Crippen LogP contribution is 2.19.